The standard InChI is InChI=1S/C17H17ClO4Se.Na/c1-21-15-5-3-11(7-13(15)17(19)20)9-23-10-12-4-6-16(22-2)14(18)8-12;/h3-8H,9-10H2,1-2H3,(H,19,20);/q;+1/p-1. The molecule has 0 fully saturated rings. The summed E-state index contributed by atoms with van der Waals surface area (Å²) in [5.41, 5.74) is 2.20. The topological polar surface area (TPSA) is 58.6 Å². The third-order valence-corrected chi connectivity index (χ3v) is 5.79. The first-order valence-electron chi connectivity index (χ1n) is 6.83. The number of ether oxygens (including phenoxy) is 2. The maximum Gasteiger partial charge on any atom is 1.00 e. The number of hydrogen-bond donors (Lipinski definition) is 0. The van der Waals surface area contributed by atoms with Crippen LogP contribution in [0.15, 0.2) is 36.4 Å². The average Bonchev–Trinajstić information content (AvgIpc) is 2.55. The molecule has 2 aromatic rings. The van der Waals surface area contributed by atoms with Crippen LogP contribution in [0.2, 0.25) is 5.02 Å². The van der Waals surface area contributed by atoms with Gasteiger partial charge in [-0.25, -0.2) is 0 Å². The van der Waals surface area contributed by atoms with Crippen molar-refractivity contribution in [2.45, 2.75) is 10.6 Å². The molecular weight excluding hydrogens is 406 g/mol. The second kappa shape index (κ2) is 10.3. The van der Waals surface area contributed by atoms with Gasteiger partial charge < -0.3 is 0 Å². The van der Waals surface area contributed by atoms with Crippen LogP contribution in [-0.4, -0.2) is 35.1 Å². The molecule has 0 aliphatic carbocycles. The molecule has 0 spiro atoms. The summed E-state index contributed by atoms with van der Waals surface area (Å²) >= 11 is 6.40. The molecule has 0 saturated heterocycles. The number of carboxylic acid groups (broad SMARTS) is 1. The number of rotatable bonds is 7. The van der Waals surface area contributed by atoms with Crippen molar-refractivity contribution in [2.75, 3.05) is 14.2 Å². The van der Waals surface area contributed by atoms with E-state index in [1.165, 1.54) is 7.11 Å². The normalized spacial score (nSPS) is 9.96. The number of halogens is 1. The van der Waals surface area contributed by atoms with E-state index in [-0.39, 0.29) is 50.1 Å². The molecule has 0 aliphatic heterocycles. The van der Waals surface area contributed by atoms with Crippen LogP contribution in [0.1, 0.15) is 21.5 Å². The first-order chi connectivity index (χ1) is 11.0. The van der Waals surface area contributed by atoms with Crippen LogP contribution in [0.4, 0.5) is 0 Å². The van der Waals surface area contributed by atoms with Crippen LogP contribution in [0.25, 0.3) is 0 Å². The Hall–Kier alpha value is -0.681. The Morgan fingerprint density at radius 2 is 1.58 bits per heavy atom. The van der Waals surface area contributed by atoms with Gasteiger partial charge in [0.05, 0.1) is 0 Å². The Labute approximate surface area is 174 Å². The molecule has 0 bridgehead atoms. The summed E-state index contributed by atoms with van der Waals surface area (Å²) in [5.74, 6) is -0.238. The molecule has 0 N–H and O–H groups in total. The fraction of sp³-hybridized carbons (Fsp3) is 0.235. The van der Waals surface area contributed by atoms with Crippen molar-refractivity contribution in [3.63, 3.8) is 0 Å². The second-order valence-electron chi connectivity index (χ2n) is 4.78. The molecule has 122 valence electrons. The Kier molecular flexibility index (Phi) is 9.21. The van der Waals surface area contributed by atoms with Crippen molar-refractivity contribution in [2.24, 2.45) is 0 Å². The zero-order valence-corrected chi connectivity index (χ0v) is 18.3. The van der Waals surface area contributed by atoms with Crippen LogP contribution in [0.3, 0.4) is 0 Å². The Balaban J connectivity index is 0.00000288. The smallest absolute Gasteiger partial charge is 1.00 e. The quantitative estimate of drug-likeness (QED) is 0.546. The number of carbonyl (C=O) groups excluding carboxylic acids is 1. The van der Waals surface area contributed by atoms with E-state index in [1.807, 2.05) is 24.3 Å². The van der Waals surface area contributed by atoms with Gasteiger partial charge in [0, 0.05) is 0 Å². The molecule has 0 amide bonds. The zero-order chi connectivity index (χ0) is 16.8. The summed E-state index contributed by atoms with van der Waals surface area (Å²) in [6.07, 6.45) is 0. The van der Waals surface area contributed by atoms with Gasteiger partial charge in [0.1, 0.15) is 0 Å². The number of carbonyl (C=O) groups is 1. The number of hydrogen-bond acceptors (Lipinski definition) is 4. The molecule has 0 unspecified atom stereocenters. The summed E-state index contributed by atoms with van der Waals surface area (Å²) < 4.78 is 10.2. The molecule has 7 heteroatoms. The SMILES string of the molecule is COc1ccc(C[Se]Cc2ccc(OC)c(C(=O)[O-])c2)cc1Cl.[Na+]. The van der Waals surface area contributed by atoms with Gasteiger partial charge in [-0.05, 0) is 0 Å². The predicted octanol–water partition coefficient (Wildman–Crippen LogP) is -0.871. The van der Waals surface area contributed by atoms with E-state index in [4.69, 9.17) is 21.1 Å². The minimum absolute atomic E-state index is 0. The molecule has 2 aromatic carbocycles. The van der Waals surface area contributed by atoms with E-state index in [0.717, 1.165) is 21.8 Å². The molecule has 0 saturated carbocycles. The number of carboxylic acids is 1. The average molecular weight is 422 g/mol. The van der Waals surface area contributed by atoms with Gasteiger partial charge in [0.2, 0.25) is 0 Å². The van der Waals surface area contributed by atoms with Crippen LogP contribution in [0, 0.1) is 0 Å². The monoisotopic (exact) mass is 422 g/mol. The van der Waals surface area contributed by atoms with Crippen LogP contribution in [0.5, 0.6) is 11.5 Å². The van der Waals surface area contributed by atoms with Crippen molar-refractivity contribution in [1.82, 2.24) is 0 Å². The number of aromatic carboxylic acids is 1. The summed E-state index contributed by atoms with van der Waals surface area (Å²) in [6.45, 7) is 0. The Morgan fingerprint density at radius 3 is 2.08 bits per heavy atom. The van der Waals surface area contributed by atoms with Crippen LogP contribution >= 0.6 is 11.6 Å². The van der Waals surface area contributed by atoms with E-state index < -0.39 is 5.97 Å². The number of benzene rings is 2. The molecular formula is C17H16ClNaO4Se. The van der Waals surface area contributed by atoms with E-state index in [1.54, 1.807) is 19.2 Å². The Morgan fingerprint density at radius 1 is 1.04 bits per heavy atom. The van der Waals surface area contributed by atoms with Gasteiger partial charge >= 0.3 is 176 Å². The first kappa shape index (κ1) is 21.4. The van der Waals surface area contributed by atoms with Crippen molar-refractivity contribution in [3.8, 4) is 11.5 Å². The summed E-state index contributed by atoms with van der Waals surface area (Å²) in [4.78, 5) is 11.1. The first-order valence-corrected chi connectivity index (χ1v) is 9.63. The fourth-order valence-electron chi connectivity index (χ4n) is 2.09. The molecule has 0 radical (unpaired) electrons. The van der Waals surface area contributed by atoms with Gasteiger partial charge in [0.25, 0.3) is 0 Å². The van der Waals surface area contributed by atoms with Gasteiger partial charge in [0.15, 0.2) is 0 Å². The van der Waals surface area contributed by atoms with Gasteiger partial charge in [-0.3, -0.25) is 0 Å². The number of methoxy groups -OCH3 is 2. The zero-order valence-electron chi connectivity index (χ0n) is 13.8. The molecule has 2 rings (SSSR count). The summed E-state index contributed by atoms with van der Waals surface area (Å²) in [5, 5.41) is 13.4. The van der Waals surface area contributed by atoms with Gasteiger partial charge in [-0.2, -0.15) is 0 Å². The van der Waals surface area contributed by atoms with E-state index in [0.29, 0.717) is 16.5 Å². The van der Waals surface area contributed by atoms with Crippen LogP contribution < -0.4 is 44.1 Å². The van der Waals surface area contributed by atoms with Crippen molar-refractivity contribution in [1.29, 1.82) is 0 Å². The third kappa shape index (κ3) is 5.69. The maximum absolute atomic E-state index is 11.1. The largest absolute Gasteiger partial charge is 1.00 e. The predicted molar refractivity (Wildman–Crippen MR) is 88.5 cm³/mol. The minimum atomic E-state index is -1.22. The van der Waals surface area contributed by atoms with Crippen molar-refractivity contribution >= 4 is 32.5 Å². The third-order valence-electron chi connectivity index (χ3n) is 3.24. The molecule has 24 heavy (non-hydrogen) atoms. The molecule has 0 atom stereocenters. The van der Waals surface area contributed by atoms with Crippen molar-refractivity contribution < 1.29 is 48.9 Å². The summed E-state index contributed by atoms with van der Waals surface area (Å²) in [7, 11) is 3.03. The molecule has 0 aromatic heterocycles. The molecule has 0 aliphatic rings. The summed E-state index contributed by atoms with van der Waals surface area (Å²) in [6, 6.07) is 10.9. The molecule has 4 nitrogen and oxygen atoms in total. The van der Waals surface area contributed by atoms with E-state index in [2.05, 4.69) is 0 Å². The second-order valence-corrected chi connectivity index (χ2v) is 7.26. The fourth-order valence-corrected chi connectivity index (χ4v) is 4.33. The van der Waals surface area contributed by atoms with E-state index >= 15 is 0 Å². The van der Waals surface area contributed by atoms with Gasteiger partial charge in [-0.1, -0.05) is 0 Å². The van der Waals surface area contributed by atoms with Gasteiger partial charge in [-0.15, -0.1) is 0 Å². The van der Waals surface area contributed by atoms with Crippen LogP contribution in [-0.2, 0) is 10.6 Å². The minimum Gasteiger partial charge on any atom is 1.00 e. The maximum atomic E-state index is 11.1. The Bertz CT molecular complexity index is 709. The molecule has 0 heterocycles. The van der Waals surface area contributed by atoms with Crippen molar-refractivity contribution in [3.05, 3.63) is 58.1 Å². The van der Waals surface area contributed by atoms with E-state index in [9.17, 15) is 9.90 Å².